The predicted octanol–water partition coefficient (Wildman–Crippen LogP) is 2.19. The van der Waals surface area contributed by atoms with Crippen LogP contribution in [0.5, 0.6) is 0 Å². The van der Waals surface area contributed by atoms with Gasteiger partial charge in [-0.05, 0) is 31.9 Å². The number of nitrogens with one attached hydrogen (secondary N) is 2. The van der Waals surface area contributed by atoms with E-state index in [4.69, 9.17) is 5.84 Å². The van der Waals surface area contributed by atoms with Crippen molar-refractivity contribution in [3.63, 3.8) is 0 Å². The summed E-state index contributed by atoms with van der Waals surface area (Å²) >= 11 is 0. The normalized spacial score (nSPS) is 11.0. The van der Waals surface area contributed by atoms with E-state index < -0.39 is 16.4 Å². The van der Waals surface area contributed by atoms with E-state index in [9.17, 15) is 14.9 Å². The van der Waals surface area contributed by atoms with E-state index in [-0.39, 0.29) is 16.9 Å². The number of hydrogen-bond acceptors (Lipinski definition) is 5. The van der Waals surface area contributed by atoms with E-state index in [1.165, 1.54) is 12.1 Å². The number of anilines is 1. The highest BCUT2D eigenvalue weighted by Gasteiger charge is 2.28. The Balaban J connectivity index is 3.20. The summed E-state index contributed by atoms with van der Waals surface area (Å²) in [4.78, 5) is 22.8. The molecule has 0 spiro atoms. The molecule has 0 aliphatic rings. The van der Waals surface area contributed by atoms with Crippen LogP contribution < -0.4 is 16.6 Å². The van der Waals surface area contributed by atoms with Crippen LogP contribution in [0.15, 0.2) is 18.2 Å². The van der Waals surface area contributed by atoms with Crippen molar-refractivity contribution in [2.45, 2.75) is 39.2 Å². The Morgan fingerprint density at radius 1 is 1.40 bits per heavy atom. The Kier molecular flexibility index (Phi) is 5.04. The topological polar surface area (TPSA) is 110 Å². The highest BCUT2D eigenvalue weighted by Crippen LogP contribution is 2.28. The number of para-hydroxylation sites is 1. The van der Waals surface area contributed by atoms with Crippen molar-refractivity contribution in [3.8, 4) is 0 Å². The van der Waals surface area contributed by atoms with Gasteiger partial charge in [0.15, 0.2) is 0 Å². The van der Waals surface area contributed by atoms with Crippen LogP contribution in [0.3, 0.4) is 0 Å². The van der Waals surface area contributed by atoms with Gasteiger partial charge in [0, 0.05) is 5.54 Å². The maximum absolute atomic E-state index is 12.3. The predicted molar refractivity (Wildman–Crippen MR) is 77.4 cm³/mol. The van der Waals surface area contributed by atoms with Gasteiger partial charge in [0.2, 0.25) is 0 Å². The minimum atomic E-state index is -0.612. The molecule has 0 unspecified atom stereocenters. The van der Waals surface area contributed by atoms with Crippen LogP contribution in [0.25, 0.3) is 0 Å². The van der Waals surface area contributed by atoms with Crippen molar-refractivity contribution < 1.29 is 9.72 Å². The number of nitrogens with two attached hydrogens (primary N) is 1. The molecule has 0 aromatic heterocycles. The van der Waals surface area contributed by atoms with Crippen molar-refractivity contribution in [1.29, 1.82) is 0 Å². The fraction of sp³-hybridized carbons (Fsp3) is 0.462. The minimum absolute atomic E-state index is 0.00132. The molecule has 7 nitrogen and oxygen atoms in total. The zero-order chi connectivity index (χ0) is 15.3. The third-order valence-electron chi connectivity index (χ3n) is 3.59. The summed E-state index contributed by atoms with van der Waals surface area (Å²) in [5.41, 5.74) is 1.64. The highest BCUT2D eigenvalue weighted by atomic mass is 16.6. The molecule has 0 heterocycles. The highest BCUT2D eigenvalue weighted by molar-refractivity contribution is 6.00. The molecule has 0 atom stereocenters. The smallest absolute Gasteiger partial charge is 0.306 e. The van der Waals surface area contributed by atoms with Crippen LogP contribution in [0.2, 0.25) is 0 Å². The molecule has 0 saturated heterocycles. The number of rotatable bonds is 6. The van der Waals surface area contributed by atoms with Crippen molar-refractivity contribution in [3.05, 3.63) is 33.9 Å². The number of hydrazine groups is 1. The lowest BCUT2D eigenvalue weighted by Gasteiger charge is -2.28. The van der Waals surface area contributed by atoms with Crippen molar-refractivity contribution >= 4 is 17.3 Å². The molecular formula is C13H20N4O3. The quantitative estimate of drug-likeness (QED) is 0.420. The van der Waals surface area contributed by atoms with Crippen LogP contribution in [0, 0.1) is 10.1 Å². The number of hydrogen-bond donors (Lipinski definition) is 3. The fourth-order valence-corrected chi connectivity index (χ4v) is 1.81. The van der Waals surface area contributed by atoms with E-state index >= 15 is 0 Å². The standard InChI is InChI=1S/C13H20N4O3/c1-4-13(3,5-2)15-12(18)9-7-6-8-10(16-14)11(9)17(19)20/h6-8,16H,4-5,14H2,1-3H3,(H,15,18). The van der Waals surface area contributed by atoms with Crippen LogP contribution >= 0.6 is 0 Å². The monoisotopic (exact) mass is 280 g/mol. The molecule has 0 bridgehead atoms. The molecule has 1 aromatic carbocycles. The molecule has 110 valence electrons. The second-order valence-corrected chi connectivity index (χ2v) is 4.83. The first kappa shape index (κ1) is 15.9. The van der Waals surface area contributed by atoms with Gasteiger partial charge in [-0.2, -0.15) is 0 Å². The van der Waals surface area contributed by atoms with Crippen LogP contribution in [0.1, 0.15) is 44.0 Å². The molecule has 0 fully saturated rings. The molecule has 0 aliphatic heterocycles. The van der Waals surface area contributed by atoms with Crippen molar-refractivity contribution in [1.82, 2.24) is 5.32 Å². The summed E-state index contributed by atoms with van der Waals surface area (Å²) in [6, 6.07) is 4.42. The maximum Gasteiger partial charge on any atom is 0.306 e. The van der Waals surface area contributed by atoms with Crippen LogP contribution in [-0.4, -0.2) is 16.4 Å². The number of nitro benzene ring substituents is 1. The van der Waals surface area contributed by atoms with Gasteiger partial charge >= 0.3 is 5.69 Å². The molecule has 1 aromatic rings. The Labute approximate surface area is 117 Å². The first-order valence-corrected chi connectivity index (χ1v) is 6.45. The molecule has 1 rings (SSSR count). The second-order valence-electron chi connectivity index (χ2n) is 4.83. The molecule has 1 amide bonds. The lowest BCUT2D eigenvalue weighted by molar-refractivity contribution is -0.384. The van der Waals surface area contributed by atoms with Gasteiger partial charge in [-0.3, -0.25) is 20.8 Å². The van der Waals surface area contributed by atoms with Gasteiger partial charge < -0.3 is 10.7 Å². The zero-order valence-corrected chi connectivity index (χ0v) is 11.9. The van der Waals surface area contributed by atoms with E-state index in [0.29, 0.717) is 0 Å². The van der Waals surface area contributed by atoms with E-state index in [2.05, 4.69) is 10.7 Å². The third-order valence-corrected chi connectivity index (χ3v) is 3.59. The van der Waals surface area contributed by atoms with Gasteiger partial charge in [-0.25, -0.2) is 0 Å². The summed E-state index contributed by atoms with van der Waals surface area (Å²) in [6.45, 7) is 5.81. The minimum Gasteiger partial charge on any atom is -0.347 e. The molecule has 20 heavy (non-hydrogen) atoms. The average molecular weight is 280 g/mol. The summed E-state index contributed by atoms with van der Waals surface area (Å²) in [7, 11) is 0. The number of benzene rings is 1. The summed E-state index contributed by atoms with van der Waals surface area (Å²) in [5.74, 6) is 4.78. The molecule has 0 radical (unpaired) electrons. The zero-order valence-electron chi connectivity index (χ0n) is 11.9. The van der Waals surface area contributed by atoms with Gasteiger partial charge in [-0.1, -0.05) is 19.9 Å². The average Bonchev–Trinajstić information content (AvgIpc) is 2.45. The molecule has 4 N–H and O–H groups in total. The first-order chi connectivity index (χ1) is 9.38. The number of nitro groups is 1. The first-order valence-electron chi connectivity index (χ1n) is 6.45. The SMILES string of the molecule is CCC(C)(CC)NC(=O)c1cccc(NN)c1[N+](=O)[O-]. The molecule has 7 heteroatoms. The third kappa shape index (κ3) is 3.24. The lowest BCUT2D eigenvalue weighted by Crippen LogP contribution is -2.45. The number of nitrogens with zero attached hydrogens (tertiary/aromatic N) is 1. The van der Waals surface area contributed by atoms with Crippen LogP contribution in [0.4, 0.5) is 11.4 Å². The Morgan fingerprint density at radius 2 is 2.00 bits per heavy atom. The summed E-state index contributed by atoms with van der Waals surface area (Å²) < 4.78 is 0. The number of amides is 1. The second kappa shape index (κ2) is 6.33. The van der Waals surface area contributed by atoms with Crippen molar-refractivity contribution in [2.75, 3.05) is 5.43 Å². The Hall–Kier alpha value is -2.15. The summed E-state index contributed by atoms with van der Waals surface area (Å²) in [6.07, 6.45) is 1.47. The molecule has 0 aliphatic carbocycles. The van der Waals surface area contributed by atoms with Crippen LogP contribution in [-0.2, 0) is 0 Å². The van der Waals surface area contributed by atoms with Gasteiger partial charge in [0.05, 0.1) is 4.92 Å². The van der Waals surface area contributed by atoms with Crippen molar-refractivity contribution in [2.24, 2.45) is 5.84 Å². The van der Waals surface area contributed by atoms with Gasteiger partial charge in [-0.15, -0.1) is 0 Å². The van der Waals surface area contributed by atoms with E-state index in [1.54, 1.807) is 6.07 Å². The van der Waals surface area contributed by atoms with Gasteiger partial charge in [0.1, 0.15) is 11.3 Å². The number of nitrogen functional groups attached to an aromatic ring is 1. The number of carbonyl (C=O) groups excluding carboxylic acids is 1. The van der Waals surface area contributed by atoms with E-state index in [1.807, 2.05) is 20.8 Å². The maximum atomic E-state index is 12.3. The summed E-state index contributed by atoms with van der Waals surface area (Å²) in [5, 5.41) is 14.0. The lowest BCUT2D eigenvalue weighted by atomic mass is 9.95. The fourth-order valence-electron chi connectivity index (χ4n) is 1.81. The van der Waals surface area contributed by atoms with Gasteiger partial charge in [0.25, 0.3) is 5.91 Å². The largest absolute Gasteiger partial charge is 0.347 e. The van der Waals surface area contributed by atoms with E-state index in [0.717, 1.165) is 12.8 Å². The Bertz CT molecular complexity index is 512. The molecular weight excluding hydrogens is 260 g/mol. The molecule has 0 saturated carbocycles. The Morgan fingerprint density at radius 3 is 2.45 bits per heavy atom. The number of carbonyl (C=O) groups is 1.